The lowest BCUT2D eigenvalue weighted by atomic mass is 10.2. The number of hydrogen-bond acceptors (Lipinski definition) is 3. The van der Waals surface area contributed by atoms with Crippen molar-refractivity contribution in [2.45, 2.75) is 19.7 Å². The fourth-order valence-electron chi connectivity index (χ4n) is 1.74. The molecule has 0 radical (unpaired) electrons. The second-order valence-electron chi connectivity index (χ2n) is 4.07. The van der Waals surface area contributed by atoms with Crippen LogP contribution in [0, 0.1) is 0 Å². The number of hydrogen-bond donors (Lipinski definition) is 1. The van der Waals surface area contributed by atoms with E-state index in [0.717, 1.165) is 5.69 Å². The molecule has 0 unspecified atom stereocenters. The number of rotatable bonds is 6. The zero-order chi connectivity index (χ0) is 13.7. The van der Waals surface area contributed by atoms with Gasteiger partial charge in [-0.25, -0.2) is 0 Å². The van der Waals surface area contributed by atoms with E-state index in [1.807, 2.05) is 19.3 Å². The molecule has 0 spiro atoms. The number of nitrogens with one attached hydrogen (secondary N) is 1. The van der Waals surface area contributed by atoms with Crippen molar-refractivity contribution in [3.05, 3.63) is 47.8 Å². The molecule has 4 nitrogen and oxygen atoms in total. The number of ether oxygens (including phenoxy) is 1. The summed E-state index contributed by atoms with van der Waals surface area (Å²) < 4.78 is 30.6. The first kappa shape index (κ1) is 13.5. The monoisotopic (exact) mass is 267 g/mol. The van der Waals surface area contributed by atoms with Crippen molar-refractivity contribution in [2.24, 2.45) is 7.05 Å². The van der Waals surface area contributed by atoms with Crippen molar-refractivity contribution in [1.29, 1.82) is 0 Å². The first-order valence-electron chi connectivity index (χ1n) is 5.87. The number of aryl methyl sites for hydroxylation is 1. The Kier molecular flexibility index (Phi) is 4.46. The summed E-state index contributed by atoms with van der Waals surface area (Å²) in [4.78, 5) is 0. The van der Waals surface area contributed by atoms with Gasteiger partial charge in [-0.2, -0.15) is 13.9 Å². The minimum Gasteiger partial charge on any atom is -0.434 e. The van der Waals surface area contributed by atoms with Crippen molar-refractivity contribution in [2.75, 3.05) is 0 Å². The molecule has 0 amide bonds. The van der Waals surface area contributed by atoms with Gasteiger partial charge in [-0.1, -0.05) is 18.2 Å². The Morgan fingerprint density at radius 1 is 1.26 bits per heavy atom. The lowest BCUT2D eigenvalue weighted by Gasteiger charge is -2.10. The molecular weight excluding hydrogens is 252 g/mol. The Balaban J connectivity index is 1.92. The van der Waals surface area contributed by atoms with Gasteiger partial charge in [0.15, 0.2) is 0 Å². The molecular formula is C13H15F2N3O. The summed E-state index contributed by atoms with van der Waals surface area (Å²) in [6, 6.07) is 8.64. The first-order valence-corrected chi connectivity index (χ1v) is 5.87. The van der Waals surface area contributed by atoms with Crippen LogP contribution in [0.15, 0.2) is 36.5 Å². The SMILES string of the molecule is Cn1ccc(CNCc2ccccc2OC(F)F)n1. The molecule has 0 aliphatic carbocycles. The summed E-state index contributed by atoms with van der Waals surface area (Å²) in [5.74, 6) is 0.200. The Labute approximate surface area is 110 Å². The Bertz CT molecular complexity index is 528. The maximum Gasteiger partial charge on any atom is 0.387 e. The average molecular weight is 267 g/mol. The van der Waals surface area contributed by atoms with Crippen LogP contribution in [0.4, 0.5) is 8.78 Å². The molecule has 0 bridgehead atoms. The van der Waals surface area contributed by atoms with Gasteiger partial charge in [0.05, 0.1) is 5.69 Å². The molecule has 1 aromatic carbocycles. The molecule has 2 aromatic rings. The highest BCUT2D eigenvalue weighted by atomic mass is 19.3. The van der Waals surface area contributed by atoms with Gasteiger partial charge >= 0.3 is 6.61 Å². The molecule has 102 valence electrons. The van der Waals surface area contributed by atoms with Crippen LogP contribution in [0.1, 0.15) is 11.3 Å². The van der Waals surface area contributed by atoms with Crippen LogP contribution in [0.25, 0.3) is 0 Å². The highest BCUT2D eigenvalue weighted by Gasteiger charge is 2.08. The van der Waals surface area contributed by atoms with E-state index < -0.39 is 6.61 Å². The average Bonchev–Trinajstić information content (AvgIpc) is 2.77. The molecule has 0 fully saturated rings. The molecule has 0 saturated heterocycles. The zero-order valence-corrected chi connectivity index (χ0v) is 10.5. The number of para-hydroxylation sites is 1. The highest BCUT2D eigenvalue weighted by molar-refractivity contribution is 5.33. The molecule has 0 atom stereocenters. The first-order chi connectivity index (χ1) is 9.15. The summed E-state index contributed by atoms with van der Waals surface area (Å²) in [5, 5.41) is 7.36. The van der Waals surface area contributed by atoms with Gasteiger partial charge in [0.25, 0.3) is 0 Å². The van der Waals surface area contributed by atoms with Crippen molar-refractivity contribution in [3.8, 4) is 5.75 Å². The minimum absolute atomic E-state index is 0.200. The number of halogens is 2. The topological polar surface area (TPSA) is 39.1 Å². The van der Waals surface area contributed by atoms with Crippen LogP contribution in [0.3, 0.4) is 0 Å². The quantitative estimate of drug-likeness (QED) is 0.873. The number of benzene rings is 1. The lowest BCUT2D eigenvalue weighted by Crippen LogP contribution is -2.15. The summed E-state index contributed by atoms with van der Waals surface area (Å²) >= 11 is 0. The van der Waals surface area contributed by atoms with Crippen molar-refractivity contribution < 1.29 is 13.5 Å². The molecule has 1 N–H and O–H groups in total. The second-order valence-corrected chi connectivity index (χ2v) is 4.07. The van der Waals surface area contributed by atoms with Gasteiger partial charge in [0, 0.05) is 31.9 Å². The van der Waals surface area contributed by atoms with E-state index in [-0.39, 0.29) is 5.75 Å². The molecule has 19 heavy (non-hydrogen) atoms. The maximum atomic E-state index is 12.2. The summed E-state index contributed by atoms with van der Waals surface area (Å²) in [6.45, 7) is -1.79. The Hall–Kier alpha value is -1.95. The van der Waals surface area contributed by atoms with Crippen LogP contribution in [0.5, 0.6) is 5.75 Å². The van der Waals surface area contributed by atoms with Gasteiger partial charge in [0.1, 0.15) is 5.75 Å². The molecule has 2 rings (SSSR count). The summed E-state index contributed by atoms with van der Waals surface area (Å²) in [5.41, 5.74) is 1.59. The molecule has 0 aliphatic heterocycles. The number of aromatic nitrogens is 2. The van der Waals surface area contributed by atoms with Crippen molar-refractivity contribution in [1.82, 2.24) is 15.1 Å². The van der Waals surface area contributed by atoms with Crippen molar-refractivity contribution >= 4 is 0 Å². The van der Waals surface area contributed by atoms with E-state index in [1.165, 1.54) is 6.07 Å². The highest BCUT2D eigenvalue weighted by Crippen LogP contribution is 2.19. The zero-order valence-electron chi connectivity index (χ0n) is 10.5. The van der Waals surface area contributed by atoms with Crippen molar-refractivity contribution in [3.63, 3.8) is 0 Å². The van der Waals surface area contributed by atoms with Crippen LogP contribution < -0.4 is 10.1 Å². The molecule has 0 saturated carbocycles. The molecule has 1 aromatic heterocycles. The fraction of sp³-hybridized carbons (Fsp3) is 0.308. The second kappa shape index (κ2) is 6.29. The van der Waals surface area contributed by atoms with Gasteiger partial charge in [0.2, 0.25) is 0 Å². The third kappa shape index (κ3) is 4.03. The fourth-order valence-corrected chi connectivity index (χ4v) is 1.74. The lowest BCUT2D eigenvalue weighted by molar-refractivity contribution is -0.0505. The normalized spacial score (nSPS) is 10.9. The van der Waals surface area contributed by atoms with E-state index in [9.17, 15) is 8.78 Å². The summed E-state index contributed by atoms with van der Waals surface area (Å²) in [6.07, 6.45) is 1.85. The molecule has 6 heteroatoms. The van der Waals surface area contributed by atoms with Crippen LogP contribution in [-0.2, 0) is 20.1 Å². The van der Waals surface area contributed by atoms with E-state index in [0.29, 0.717) is 18.7 Å². The van der Waals surface area contributed by atoms with E-state index >= 15 is 0 Å². The summed E-state index contributed by atoms with van der Waals surface area (Å²) in [7, 11) is 1.84. The van der Waals surface area contributed by atoms with E-state index in [1.54, 1.807) is 22.9 Å². The Morgan fingerprint density at radius 2 is 2.05 bits per heavy atom. The van der Waals surface area contributed by atoms with E-state index in [4.69, 9.17) is 0 Å². The third-order valence-electron chi connectivity index (χ3n) is 2.58. The van der Waals surface area contributed by atoms with E-state index in [2.05, 4.69) is 15.2 Å². The standard InChI is InChI=1S/C13H15F2N3O/c1-18-7-6-11(17-18)9-16-8-10-4-2-3-5-12(10)19-13(14)15/h2-7,13,16H,8-9H2,1H3. The smallest absolute Gasteiger partial charge is 0.387 e. The van der Waals surface area contributed by atoms with Crippen LogP contribution in [0.2, 0.25) is 0 Å². The number of alkyl halides is 2. The maximum absolute atomic E-state index is 12.2. The van der Waals surface area contributed by atoms with Gasteiger partial charge in [-0.05, 0) is 12.1 Å². The molecule has 1 heterocycles. The Morgan fingerprint density at radius 3 is 2.74 bits per heavy atom. The molecule has 0 aliphatic rings. The number of nitrogens with zero attached hydrogens (tertiary/aromatic N) is 2. The van der Waals surface area contributed by atoms with Gasteiger partial charge < -0.3 is 10.1 Å². The van der Waals surface area contributed by atoms with Gasteiger partial charge in [-0.15, -0.1) is 0 Å². The predicted molar refractivity (Wildman–Crippen MR) is 66.8 cm³/mol. The largest absolute Gasteiger partial charge is 0.434 e. The predicted octanol–water partition coefficient (Wildman–Crippen LogP) is 2.31. The third-order valence-corrected chi connectivity index (χ3v) is 2.58. The van der Waals surface area contributed by atoms with Crippen LogP contribution in [-0.4, -0.2) is 16.4 Å². The van der Waals surface area contributed by atoms with Crippen LogP contribution >= 0.6 is 0 Å². The van der Waals surface area contributed by atoms with Gasteiger partial charge in [-0.3, -0.25) is 4.68 Å². The minimum atomic E-state index is -2.81.